The molecule has 3 aliphatic rings. The van der Waals surface area contributed by atoms with E-state index in [4.69, 9.17) is 9.16 Å². The second-order valence-electron chi connectivity index (χ2n) is 10.6. The number of esters is 1. The van der Waals surface area contributed by atoms with Crippen molar-refractivity contribution in [2.75, 3.05) is 0 Å². The zero-order chi connectivity index (χ0) is 20.7. The average molecular weight is 470 g/mol. The number of carbonyl (C=O) groups excluding carboxylic acids is 1. The number of ether oxygens (including phenoxy) is 1. The molecule has 0 spiro atoms. The zero-order valence-electron chi connectivity index (χ0n) is 18.4. The van der Waals surface area contributed by atoms with Gasteiger partial charge in [0.15, 0.2) is 13.9 Å². The molecule has 2 aliphatic carbocycles. The van der Waals surface area contributed by atoms with Crippen molar-refractivity contribution in [1.82, 2.24) is 0 Å². The van der Waals surface area contributed by atoms with Crippen molar-refractivity contribution in [2.45, 2.75) is 91.0 Å². The van der Waals surface area contributed by atoms with Gasteiger partial charge in [-0.05, 0) is 99.3 Å². The lowest BCUT2D eigenvalue weighted by atomic mass is 9.61. The van der Waals surface area contributed by atoms with Gasteiger partial charge in [0.1, 0.15) is 5.76 Å². The third kappa shape index (κ3) is 4.36. The average Bonchev–Trinajstić information content (AvgIpc) is 3.07. The van der Waals surface area contributed by atoms with E-state index < -0.39 is 13.9 Å². The summed E-state index contributed by atoms with van der Waals surface area (Å²) in [7, 11) is -1.83. The van der Waals surface area contributed by atoms with Crippen molar-refractivity contribution in [3.05, 3.63) is 22.4 Å². The van der Waals surface area contributed by atoms with Crippen LogP contribution >= 0.6 is 15.9 Å². The maximum atomic E-state index is 12.4. The first-order valence-corrected chi connectivity index (χ1v) is 15.2. The van der Waals surface area contributed by atoms with Gasteiger partial charge in [0.25, 0.3) is 0 Å². The molecule has 0 radical (unpaired) electrons. The largest absolute Gasteiger partial charge is 0.429 e. The Bertz CT molecular complexity index is 680. The smallest absolute Gasteiger partial charge is 0.346 e. The van der Waals surface area contributed by atoms with E-state index in [-0.39, 0.29) is 5.97 Å². The van der Waals surface area contributed by atoms with Gasteiger partial charge in [-0.1, -0.05) is 35.4 Å². The summed E-state index contributed by atoms with van der Waals surface area (Å²) < 4.78 is 11.7. The molecule has 5 atom stereocenters. The highest BCUT2D eigenvalue weighted by atomic mass is 79.9. The van der Waals surface area contributed by atoms with E-state index in [1.54, 1.807) is 5.57 Å². The van der Waals surface area contributed by atoms with Gasteiger partial charge in [-0.3, -0.25) is 0 Å². The Balaban J connectivity index is 1.63. The van der Waals surface area contributed by atoms with Crippen LogP contribution in [0.3, 0.4) is 0 Å². The molecule has 0 saturated heterocycles. The molecule has 28 heavy (non-hydrogen) atoms. The number of hydrogen-bond donors (Lipinski definition) is 0. The van der Waals surface area contributed by atoms with E-state index in [0.29, 0.717) is 11.3 Å². The van der Waals surface area contributed by atoms with Crippen molar-refractivity contribution < 1.29 is 14.0 Å². The highest BCUT2D eigenvalue weighted by molar-refractivity contribution is 9.11. The van der Waals surface area contributed by atoms with E-state index in [9.17, 15) is 4.79 Å². The Morgan fingerprint density at radius 3 is 2.71 bits per heavy atom. The van der Waals surface area contributed by atoms with Gasteiger partial charge in [-0.2, -0.15) is 0 Å². The number of allylic oxidation sites excluding steroid dienone is 2. The van der Waals surface area contributed by atoms with Crippen LogP contribution in [0.1, 0.15) is 65.7 Å². The van der Waals surface area contributed by atoms with Gasteiger partial charge >= 0.3 is 5.97 Å². The maximum absolute atomic E-state index is 12.4. The van der Waals surface area contributed by atoms with Crippen LogP contribution in [-0.4, -0.2) is 19.9 Å². The molecular formula is C23H37BrO3Si. The van der Waals surface area contributed by atoms with E-state index in [1.807, 2.05) is 13.0 Å². The second kappa shape index (κ2) is 8.03. The monoisotopic (exact) mass is 468 g/mol. The lowest BCUT2D eigenvalue weighted by Gasteiger charge is -2.44. The molecule has 3 nitrogen and oxygen atoms in total. The number of fused-ring (bicyclic) bond motifs is 1. The summed E-state index contributed by atoms with van der Waals surface area (Å²) >= 11 is 3.61. The lowest BCUT2D eigenvalue weighted by Crippen LogP contribution is -2.43. The number of halogens is 1. The Kier molecular flexibility index (Phi) is 6.40. The molecule has 1 unspecified atom stereocenters. The van der Waals surface area contributed by atoms with E-state index in [1.165, 1.54) is 32.1 Å². The molecule has 5 heteroatoms. The molecule has 0 amide bonds. The molecule has 2 fully saturated rings. The standard InChI is InChI=1S/C23H37BrO3Si/c1-16(19-11-12-20-17(15-24)8-7-13-22(19,20)2)9-10-18-14-23(3,21(25)26-18)27-28(4,5)6/h14-16,19-20H,7-13H2,1-6H3/b17-15+/t16-,19-,20?,22-,23-/m1/s1. The van der Waals surface area contributed by atoms with Gasteiger partial charge in [0.2, 0.25) is 0 Å². The van der Waals surface area contributed by atoms with Crippen LogP contribution in [0.15, 0.2) is 22.4 Å². The third-order valence-corrected chi connectivity index (χ3v) is 8.92. The highest BCUT2D eigenvalue weighted by Crippen LogP contribution is 2.60. The van der Waals surface area contributed by atoms with Crippen LogP contribution in [0.2, 0.25) is 19.6 Å². The van der Waals surface area contributed by atoms with Gasteiger partial charge in [0, 0.05) is 6.42 Å². The predicted octanol–water partition coefficient (Wildman–Crippen LogP) is 6.95. The molecule has 1 aliphatic heterocycles. The number of rotatable bonds is 6. The molecule has 0 N–H and O–H groups in total. The summed E-state index contributed by atoms with van der Waals surface area (Å²) in [5.41, 5.74) is 1.15. The third-order valence-electron chi connectivity index (χ3n) is 7.29. The molecule has 0 aromatic rings. The topological polar surface area (TPSA) is 35.5 Å². The SMILES string of the molecule is C[C@H](CCC1=C[C@@](C)(O[Si](C)(C)C)C(=O)O1)[C@H]1CCC2/C(=C/Br)CCC[C@@]21C. The number of hydrogen-bond acceptors (Lipinski definition) is 3. The molecule has 3 rings (SSSR count). The summed E-state index contributed by atoms with van der Waals surface area (Å²) in [4.78, 5) is 14.6. The number of cyclic esters (lactones) is 1. The quantitative estimate of drug-likeness (QED) is 0.312. The minimum absolute atomic E-state index is 0.246. The highest BCUT2D eigenvalue weighted by Gasteiger charge is 2.50. The van der Waals surface area contributed by atoms with Crippen LogP contribution in [0.25, 0.3) is 0 Å². The fraction of sp³-hybridized carbons (Fsp3) is 0.783. The van der Waals surface area contributed by atoms with Gasteiger partial charge in [0.05, 0.1) is 0 Å². The van der Waals surface area contributed by atoms with E-state index >= 15 is 0 Å². The van der Waals surface area contributed by atoms with Gasteiger partial charge < -0.3 is 9.16 Å². The zero-order valence-corrected chi connectivity index (χ0v) is 21.0. The summed E-state index contributed by atoms with van der Waals surface area (Å²) in [6.45, 7) is 13.1. The normalized spacial score (nSPS) is 38.3. The van der Waals surface area contributed by atoms with Crippen LogP contribution in [0.4, 0.5) is 0 Å². The van der Waals surface area contributed by atoms with Crippen molar-refractivity contribution in [3.8, 4) is 0 Å². The van der Waals surface area contributed by atoms with Crippen molar-refractivity contribution in [3.63, 3.8) is 0 Å². The summed E-state index contributed by atoms with van der Waals surface area (Å²) in [6, 6.07) is 0. The molecular weight excluding hydrogens is 432 g/mol. The first-order valence-electron chi connectivity index (χ1n) is 10.9. The summed E-state index contributed by atoms with van der Waals surface area (Å²) in [5.74, 6) is 2.69. The first kappa shape index (κ1) is 22.3. The van der Waals surface area contributed by atoms with Crippen molar-refractivity contribution in [2.24, 2.45) is 23.2 Å². The Morgan fingerprint density at radius 2 is 2.07 bits per heavy atom. The minimum atomic E-state index is -1.83. The Morgan fingerprint density at radius 1 is 1.36 bits per heavy atom. The molecule has 1 heterocycles. The van der Waals surface area contributed by atoms with Crippen LogP contribution in [0.5, 0.6) is 0 Å². The Hall–Kier alpha value is -0.393. The van der Waals surface area contributed by atoms with Crippen LogP contribution < -0.4 is 0 Å². The molecule has 0 aromatic carbocycles. The van der Waals surface area contributed by atoms with Crippen LogP contribution in [-0.2, 0) is 14.0 Å². The fourth-order valence-corrected chi connectivity index (χ4v) is 8.13. The summed E-state index contributed by atoms with van der Waals surface area (Å²) in [6.07, 6.45) is 10.4. The first-order chi connectivity index (χ1) is 13.0. The molecule has 158 valence electrons. The molecule has 0 aromatic heterocycles. The second-order valence-corrected chi connectivity index (χ2v) is 15.5. The fourth-order valence-electron chi connectivity index (χ4n) is 6.16. The number of carbonyl (C=O) groups is 1. The predicted molar refractivity (Wildman–Crippen MR) is 121 cm³/mol. The molecule has 0 bridgehead atoms. The molecule has 2 saturated carbocycles. The van der Waals surface area contributed by atoms with E-state index in [0.717, 1.165) is 30.4 Å². The van der Waals surface area contributed by atoms with Crippen molar-refractivity contribution in [1.29, 1.82) is 0 Å². The minimum Gasteiger partial charge on any atom is -0.429 e. The van der Waals surface area contributed by atoms with Gasteiger partial charge in [-0.25, -0.2) is 4.79 Å². The summed E-state index contributed by atoms with van der Waals surface area (Å²) in [5, 5.41) is 0. The van der Waals surface area contributed by atoms with Crippen LogP contribution in [0, 0.1) is 23.2 Å². The van der Waals surface area contributed by atoms with Gasteiger partial charge in [-0.15, -0.1) is 0 Å². The Labute approximate surface area is 180 Å². The van der Waals surface area contributed by atoms with E-state index in [2.05, 4.69) is 54.4 Å². The van der Waals surface area contributed by atoms with Crippen molar-refractivity contribution >= 4 is 30.2 Å². The lowest BCUT2D eigenvalue weighted by molar-refractivity contribution is -0.149. The maximum Gasteiger partial charge on any atom is 0.346 e.